The highest BCUT2D eigenvalue weighted by atomic mass is 16.2. The maximum Gasteiger partial charge on any atom is 0.319 e. The van der Waals surface area contributed by atoms with Crippen LogP contribution < -0.4 is 21.3 Å². The maximum atomic E-state index is 12.6. The van der Waals surface area contributed by atoms with Crippen LogP contribution >= 0.6 is 0 Å². The smallest absolute Gasteiger partial charge is 0.319 e. The van der Waals surface area contributed by atoms with E-state index in [1.807, 2.05) is 44.4 Å². The molecule has 1 aliphatic rings. The third kappa shape index (κ3) is 5.07. The molecule has 1 heterocycles. The number of amides is 3. The number of urea groups is 1. The Balaban J connectivity index is 1.57. The van der Waals surface area contributed by atoms with E-state index in [0.717, 1.165) is 29.7 Å². The number of aromatic nitrogens is 2. The fraction of sp³-hybridized carbons (Fsp3) is 0.421. The van der Waals surface area contributed by atoms with Gasteiger partial charge in [-0.1, -0.05) is 12.1 Å². The van der Waals surface area contributed by atoms with Crippen LogP contribution in [0.4, 0.5) is 10.5 Å². The maximum absolute atomic E-state index is 12.6. The van der Waals surface area contributed by atoms with Crippen LogP contribution in [0.1, 0.15) is 43.0 Å². The van der Waals surface area contributed by atoms with E-state index in [4.69, 9.17) is 0 Å². The van der Waals surface area contributed by atoms with E-state index in [2.05, 4.69) is 26.4 Å². The number of rotatable bonds is 7. The number of anilines is 1. The second-order valence-corrected chi connectivity index (χ2v) is 6.89. The summed E-state index contributed by atoms with van der Waals surface area (Å²) in [4.78, 5) is 24.4. The van der Waals surface area contributed by atoms with Gasteiger partial charge in [0.25, 0.3) is 0 Å². The molecule has 1 saturated carbocycles. The van der Waals surface area contributed by atoms with E-state index < -0.39 is 6.04 Å². The monoisotopic (exact) mass is 370 g/mol. The van der Waals surface area contributed by atoms with Crippen molar-refractivity contribution in [3.8, 4) is 0 Å². The summed E-state index contributed by atoms with van der Waals surface area (Å²) in [6, 6.07) is 6.97. The van der Waals surface area contributed by atoms with Gasteiger partial charge in [0.05, 0.1) is 12.2 Å². The predicted molar refractivity (Wildman–Crippen MR) is 103 cm³/mol. The SMILES string of the molecule is CNC(C(=O)NC(C)c1ccc(NC(=O)NC2CC2)cc1)c1cnn(C)c1. The van der Waals surface area contributed by atoms with Gasteiger partial charge < -0.3 is 21.3 Å². The molecule has 0 radical (unpaired) electrons. The number of likely N-dealkylation sites (N-methyl/N-ethyl adjacent to an activating group) is 1. The minimum absolute atomic E-state index is 0.121. The van der Waals surface area contributed by atoms with Crippen LogP contribution in [0.5, 0.6) is 0 Å². The lowest BCUT2D eigenvalue weighted by molar-refractivity contribution is -0.123. The van der Waals surface area contributed by atoms with Gasteiger partial charge in [-0.05, 0) is 44.5 Å². The zero-order valence-corrected chi connectivity index (χ0v) is 15.8. The van der Waals surface area contributed by atoms with Crippen LogP contribution in [0, 0.1) is 0 Å². The zero-order valence-electron chi connectivity index (χ0n) is 15.8. The fourth-order valence-corrected chi connectivity index (χ4v) is 2.85. The average molecular weight is 370 g/mol. The molecule has 0 saturated heterocycles. The first kappa shape index (κ1) is 18.9. The van der Waals surface area contributed by atoms with Crippen molar-refractivity contribution < 1.29 is 9.59 Å². The Labute approximate surface area is 158 Å². The Morgan fingerprint density at radius 1 is 1.19 bits per heavy atom. The second-order valence-electron chi connectivity index (χ2n) is 6.89. The molecule has 3 amide bonds. The van der Waals surface area contributed by atoms with E-state index in [0.29, 0.717) is 6.04 Å². The van der Waals surface area contributed by atoms with Gasteiger partial charge in [0.15, 0.2) is 0 Å². The van der Waals surface area contributed by atoms with E-state index in [9.17, 15) is 9.59 Å². The van der Waals surface area contributed by atoms with Gasteiger partial charge in [-0.25, -0.2) is 4.79 Å². The van der Waals surface area contributed by atoms with Gasteiger partial charge in [0.2, 0.25) is 5.91 Å². The Kier molecular flexibility index (Phi) is 5.75. The average Bonchev–Trinajstić information content (AvgIpc) is 3.34. The van der Waals surface area contributed by atoms with E-state index in [-0.39, 0.29) is 18.0 Å². The molecule has 2 unspecified atom stereocenters. The highest BCUT2D eigenvalue weighted by Crippen LogP contribution is 2.20. The Morgan fingerprint density at radius 2 is 1.89 bits per heavy atom. The molecule has 3 rings (SSSR count). The molecule has 0 aliphatic heterocycles. The standard InChI is InChI=1S/C19H26N6O2/c1-12(22-18(26)17(20-2)14-10-21-25(3)11-14)13-4-6-15(7-5-13)23-19(27)24-16-8-9-16/h4-7,10-12,16-17,20H,8-9H2,1-3H3,(H,22,26)(H2,23,24,27). The van der Waals surface area contributed by atoms with Crippen LogP contribution in [-0.2, 0) is 11.8 Å². The summed E-state index contributed by atoms with van der Waals surface area (Å²) < 4.78 is 1.67. The summed E-state index contributed by atoms with van der Waals surface area (Å²) in [6.07, 6.45) is 5.60. The molecular weight excluding hydrogens is 344 g/mol. The molecule has 0 bridgehead atoms. The lowest BCUT2D eigenvalue weighted by Gasteiger charge is -2.19. The first-order valence-electron chi connectivity index (χ1n) is 9.10. The van der Waals surface area contributed by atoms with Crippen molar-refractivity contribution in [3.63, 3.8) is 0 Å². The normalized spacial score (nSPS) is 15.7. The van der Waals surface area contributed by atoms with Gasteiger partial charge in [0, 0.05) is 30.5 Å². The van der Waals surface area contributed by atoms with Gasteiger partial charge >= 0.3 is 6.03 Å². The molecule has 1 aromatic heterocycles. The molecule has 144 valence electrons. The summed E-state index contributed by atoms with van der Waals surface area (Å²) in [7, 11) is 3.56. The number of hydrogen-bond donors (Lipinski definition) is 4. The van der Waals surface area contributed by atoms with Crippen LogP contribution in [0.15, 0.2) is 36.7 Å². The Bertz CT molecular complexity index is 797. The van der Waals surface area contributed by atoms with Gasteiger partial charge in [-0.3, -0.25) is 9.48 Å². The summed E-state index contributed by atoms with van der Waals surface area (Å²) in [5.74, 6) is -0.121. The van der Waals surface area contributed by atoms with Crippen LogP contribution in [0.3, 0.4) is 0 Å². The molecule has 0 spiro atoms. The summed E-state index contributed by atoms with van der Waals surface area (Å²) in [6.45, 7) is 1.93. The number of nitrogens with one attached hydrogen (secondary N) is 4. The molecule has 1 aromatic carbocycles. The Hall–Kier alpha value is -2.87. The lowest BCUT2D eigenvalue weighted by atomic mass is 10.1. The largest absolute Gasteiger partial charge is 0.348 e. The van der Waals surface area contributed by atoms with Crippen LogP contribution in [0.2, 0.25) is 0 Å². The number of carbonyl (C=O) groups excluding carboxylic acids is 2. The predicted octanol–water partition coefficient (Wildman–Crippen LogP) is 1.84. The van der Waals surface area contributed by atoms with Crippen LogP contribution in [0.25, 0.3) is 0 Å². The third-order valence-electron chi connectivity index (χ3n) is 4.55. The molecule has 1 fully saturated rings. The van der Waals surface area contributed by atoms with Crippen molar-refractivity contribution in [3.05, 3.63) is 47.8 Å². The van der Waals surface area contributed by atoms with Crippen molar-refractivity contribution in [2.75, 3.05) is 12.4 Å². The lowest BCUT2D eigenvalue weighted by Crippen LogP contribution is -2.37. The number of aryl methyl sites for hydroxylation is 1. The third-order valence-corrected chi connectivity index (χ3v) is 4.55. The summed E-state index contributed by atoms with van der Waals surface area (Å²) >= 11 is 0. The topological polar surface area (TPSA) is 100 Å². The zero-order chi connectivity index (χ0) is 19.4. The van der Waals surface area contributed by atoms with Crippen molar-refractivity contribution in [1.82, 2.24) is 25.7 Å². The highest BCUT2D eigenvalue weighted by Gasteiger charge is 2.23. The highest BCUT2D eigenvalue weighted by molar-refractivity contribution is 5.89. The molecule has 8 heteroatoms. The Morgan fingerprint density at radius 3 is 2.44 bits per heavy atom. The molecule has 4 N–H and O–H groups in total. The minimum Gasteiger partial charge on any atom is -0.348 e. The second kappa shape index (κ2) is 8.22. The quantitative estimate of drug-likeness (QED) is 0.597. The van der Waals surface area contributed by atoms with Crippen molar-refractivity contribution in [1.29, 1.82) is 0 Å². The first-order chi connectivity index (χ1) is 13.0. The van der Waals surface area contributed by atoms with Crippen molar-refractivity contribution in [2.45, 2.75) is 37.9 Å². The van der Waals surface area contributed by atoms with E-state index in [1.165, 1.54) is 0 Å². The molecule has 27 heavy (non-hydrogen) atoms. The molecule has 8 nitrogen and oxygen atoms in total. The van der Waals surface area contributed by atoms with E-state index >= 15 is 0 Å². The number of hydrogen-bond acceptors (Lipinski definition) is 4. The van der Waals surface area contributed by atoms with Crippen LogP contribution in [-0.4, -0.2) is 34.8 Å². The molecule has 2 atom stereocenters. The number of benzene rings is 1. The molecule has 1 aliphatic carbocycles. The van der Waals surface area contributed by atoms with Crippen molar-refractivity contribution >= 4 is 17.6 Å². The van der Waals surface area contributed by atoms with Gasteiger partial charge in [-0.2, -0.15) is 5.10 Å². The van der Waals surface area contributed by atoms with Gasteiger partial charge in [-0.15, -0.1) is 0 Å². The summed E-state index contributed by atoms with van der Waals surface area (Å²) in [5.41, 5.74) is 2.49. The number of carbonyl (C=O) groups is 2. The van der Waals surface area contributed by atoms with Gasteiger partial charge in [0.1, 0.15) is 6.04 Å². The fourth-order valence-electron chi connectivity index (χ4n) is 2.85. The minimum atomic E-state index is -0.465. The van der Waals surface area contributed by atoms with Crippen molar-refractivity contribution in [2.24, 2.45) is 7.05 Å². The molecular formula is C19H26N6O2. The number of nitrogens with zero attached hydrogens (tertiary/aromatic N) is 2. The summed E-state index contributed by atoms with van der Waals surface area (Å²) in [5, 5.41) is 15.8. The molecule has 2 aromatic rings. The van der Waals surface area contributed by atoms with E-state index in [1.54, 1.807) is 17.9 Å². The first-order valence-corrected chi connectivity index (χ1v) is 9.10.